The summed E-state index contributed by atoms with van der Waals surface area (Å²) in [6.07, 6.45) is 8.20. The predicted octanol–water partition coefficient (Wildman–Crippen LogP) is 2.43. The molecule has 12 heteroatoms. The maximum atomic E-state index is 13.4. The number of nitrogens with two attached hydrogens (primary N) is 1. The Morgan fingerprint density at radius 1 is 1.21 bits per heavy atom. The number of para-hydroxylation sites is 2. The van der Waals surface area contributed by atoms with Crippen molar-refractivity contribution in [2.45, 2.75) is 25.7 Å². The molecule has 11 nitrogen and oxygen atoms in total. The third-order valence-electron chi connectivity index (χ3n) is 6.97. The summed E-state index contributed by atoms with van der Waals surface area (Å²) in [6, 6.07) is 11.3. The van der Waals surface area contributed by atoms with Gasteiger partial charge >= 0.3 is 10.2 Å². The van der Waals surface area contributed by atoms with Crippen LogP contribution in [0, 0.1) is 5.92 Å². The molecule has 6 rings (SSSR count). The van der Waals surface area contributed by atoms with Crippen LogP contribution in [0.2, 0.25) is 0 Å². The number of nitrogens with zero attached hydrogens (tertiary/aromatic N) is 5. The zero-order chi connectivity index (χ0) is 26.3. The van der Waals surface area contributed by atoms with Crippen molar-refractivity contribution in [3.05, 3.63) is 77.6 Å². The van der Waals surface area contributed by atoms with Crippen LogP contribution in [-0.2, 0) is 14.9 Å². The van der Waals surface area contributed by atoms with Gasteiger partial charge in [0.25, 0.3) is 5.91 Å². The molecule has 1 amide bonds. The number of amidine groups is 1. The number of carbonyl (C=O) groups is 1. The second-order valence-corrected chi connectivity index (χ2v) is 10.9. The molecule has 2 aromatic heterocycles. The van der Waals surface area contributed by atoms with Gasteiger partial charge in [0.1, 0.15) is 17.9 Å². The van der Waals surface area contributed by atoms with Crippen LogP contribution in [0.1, 0.15) is 36.0 Å². The van der Waals surface area contributed by atoms with Crippen molar-refractivity contribution in [1.82, 2.24) is 24.2 Å². The van der Waals surface area contributed by atoms with Gasteiger partial charge in [0.2, 0.25) is 0 Å². The van der Waals surface area contributed by atoms with E-state index in [2.05, 4.69) is 19.1 Å². The number of piperidine rings is 1. The molecule has 1 aromatic carbocycles. The Balaban J connectivity index is 1.14. The molecule has 4 heterocycles. The fraction of sp³-hybridized carbons (Fsp3) is 0.308. The number of likely N-dealkylation sites (tertiary alicyclic amines) is 1. The van der Waals surface area contributed by atoms with Gasteiger partial charge in [-0.05, 0) is 56.0 Å². The Labute approximate surface area is 219 Å². The number of aromatic nitrogens is 3. The SMILES string of the molecule is NC1=NS(=O)(=O)NC2=C1C(OC[C@H]1CCCN(C(=O)c3ccnc(-n4cnc5ccccc54)c3)C1)=CCC2. The summed E-state index contributed by atoms with van der Waals surface area (Å²) in [5, 5.41) is 0. The first kappa shape index (κ1) is 24.2. The van der Waals surface area contributed by atoms with Crippen LogP contribution in [0.5, 0.6) is 0 Å². The van der Waals surface area contributed by atoms with Crippen LogP contribution in [0.25, 0.3) is 16.9 Å². The van der Waals surface area contributed by atoms with E-state index in [1.807, 2.05) is 39.8 Å². The van der Waals surface area contributed by atoms with E-state index in [-0.39, 0.29) is 17.7 Å². The van der Waals surface area contributed by atoms with Crippen LogP contribution >= 0.6 is 0 Å². The summed E-state index contributed by atoms with van der Waals surface area (Å²) in [5.74, 6) is 1.17. The fourth-order valence-electron chi connectivity index (χ4n) is 5.19. The van der Waals surface area contributed by atoms with Gasteiger partial charge in [0, 0.05) is 36.5 Å². The standard InChI is InChI=1S/C26H27N7O4S/c27-25-24-20(30-38(35,36)31-25)7-3-9-22(24)37-15-17-5-4-12-32(14-17)26(34)18-10-11-28-23(13-18)33-16-29-19-6-1-2-8-21(19)33/h1-2,6,8-11,13,16-17,30H,3-5,7,12,14-15H2,(H2,27,31)/t17-/m0/s1. The lowest BCUT2D eigenvalue weighted by molar-refractivity contribution is 0.0591. The quantitative estimate of drug-likeness (QED) is 0.512. The second-order valence-electron chi connectivity index (χ2n) is 9.59. The molecule has 1 aliphatic carbocycles. The molecule has 3 aliphatic rings. The summed E-state index contributed by atoms with van der Waals surface area (Å²) in [4.78, 5) is 24.2. The molecule has 0 spiro atoms. The number of fused-ring (bicyclic) bond motifs is 1. The highest BCUT2D eigenvalue weighted by molar-refractivity contribution is 7.88. The van der Waals surface area contributed by atoms with Crippen LogP contribution in [0.15, 0.2) is 76.4 Å². The van der Waals surface area contributed by atoms with Crippen molar-refractivity contribution < 1.29 is 17.9 Å². The number of hydrogen-bond donors (Lipinski definition) is 2. The summed E-state index contributed by atoms with van der Waals surface area (Å²) < 4.78 is 37.8. The number of benzene rings is 1. The number of allylic oxidation sites excluding steroid dienone is 2. The minimum absolute atomic E-state index is 0.0530. The largest absolute Gasteiger partial charge is 0.493 e. The zero-order valence-corrected chi connectivity index (χ0v) is 21.4. The minimum Gasteiger partial charge on any atom is -0.493 e. The molecule has 0 radical (unpaired) electrons. The van der Waals surface area contributed by atoms with E-state index in [0.29, 0.717) is 60.9 Å². The average molecular weight is 534 g/mol. The molecule has 3 aromatic rings. The van der Waals surface area contributed by atoms with E-state index in [9.17, 15) is 13.2 Å². The van der Waals surface area contributed by atoms with Gasteiger partial charge in [0.05, 0.1) is 23.2 Å². The lowest BCUT2D eigenvalue weighted by Crippen LogP contribution is -2.41. The number of hydrogen-bond acceptors (Lipinski definition) is 7. The molecule has 0 saturated carbocycles. The summed E-state index contributed by atoms with van der Waals surface area (Å²) in [7, 11) is -3.81. The average Bonchev–Trinajstić information content (AvgIpc) is 3.35. The first-order valence-corrected chi connectivity index (χ1v) is 13.9. The maximum Gasteiger partial charge on any atom is 0.344 e. The molecule has 3 N–H and O–H groups in total. The van der Waals surface area contributed by atoms with Gasteiger partial charge in [-0.25, -0.2) is 9.97 Å². The molecular weight excluding hydrogens is 506 g/mol. The normalized spacial score (nSPS) is 20.8. The number of rotatable bonds is 5. The zero-order valence-electron chi connectivity index (χ0n) is 20.6. The van der Waals surface area contributed by atoms with Crippen LogP contribution in [0.3, 0.4) is 0 Å². The molecule has 1 saturated heterocycles. The Morgan fingerprint density at radius 3 is 2.97 bits per heavy atom. The lowest BCUT2D eigenvalue weighted by atomic mass is 9.97. The van der Waals surface area contributed by atoms with Crippen molar-refractivity contribution in [3.63, 3.8) is 0 Å². The smallest absolute Gasteiger partial charge is 0.344 e. The molecule has 1 fully saturated rings. The third kappa shape index (κ3) is 4.62. The molecule has 2 aliphatic heterocycles. The Kier molecular flexibility index (Phi) is 6.10. The fourth-order valence-corrected chi connectivity index (χ4v) is 6.10. The predicted molar refractivity (Wildman–Crippen MR) is 141 cm³/mol. The van der Waals surface area contributed by atoms with Gasteiger partial charge in [-0.1, -0.05) is 12.1 Å². The minimum atomic E-state index is -3.81. The summed E-state index contributed by atoms with van der Waals surface area (Å²) in [6.45, 7) is 1.61. The van der Waals surface area contributed by atoms with Crippen molar-refractivity contribution in [2.24, 2.45) is 16.0 Å². The Morgan fingerprint density at radius 2 is 2.08 bits per heavy atom. The molecule has 0 unspecified atom stereocenters. The number of ether oxygens (including phenoxy) is 1. The van der Waals surface area contributed by atoms with Gasteiger partial charge in [-0.2, -0.15) is 8.42 Å². The van der Waals surface area contributed by atoms with E-state index in [4.69, 9.17) is 10.5 Å². The summed E-state index contributed by atoms with van der Waals surface area (Å²) in [5.41, 5.74) is 9.32. The number of nitrogens with one attached hydrogen (secondary N) is 1. The van der Waals surface area contributed by atoms with E-state index in [1.165, 1.54) is 0 Å². The Hall–Kier alpha value is -4.19. The van der Waals surface area contributed by atoms with Crippen LogP contribution < -0.4 is 10.5 Å². The van der Waals surface area contributed by atoms with Crippen LogP contribution in [-0.4, -0.2) is 59.3 Å². The third-order valence-corrected chi connectivity index (χ3v) is 7.91. The second kappa shape index (κ2) is 9.60. The number of pyridine rings is 1. The first-order chi connectivity index (χ1) is 18.4. The van der Waals surface area contributed by atoms with Gasteiger partial charge < -0.3 is 15.4 Å². The van der Waals surface area contributed by atoms with E-state index < -0.39 is 10.2 Å². The molecule has 38 heavy (non-hydrogen) atoms. The highest BCUT2D eigenvalue weighted by Crippen LogP contribution is 2.30. The maximum absolute atomic E-state index is 13.4. The van der Waals surface area contributed by atoms with Gasteiger partial charge in [0.15, 0.2) is 5.84 Å². The van der Waals surface area contributed by atoms with Crippen molar-refractivity contribution in [2.75, 3.05) is 19.7 Å². The highest BCUT2D eigenvalue weighted by atomic mass is 32.2. The number of amides is 1. The highest BCUT2D eigenvalue weighted by Gasteiger charge is 2.31. The molecular formula is C26H27N7O4S. The summed E-state index contributed by atoms with van der Waals surface area (Å²) >= 11 is 0. The lowest BCUT2D eigenvalue weighted by Gasteiger charge is -2.33. The first-order valence-electron chi connectivity index (χ1n) is 12.5. The van der Waals surface area contributed by atoms with Crippen molar-refractivity contribution >= 4 is 33.0 Å². The van der Waals surface area contributed by atoms with Gasteiger partial charge in [-0.15, -0.1) is 4.40 Å². The number of imidazole rings is 1. The molecule has 1 atom stereocenters. The van der Waals surface area contributed by atoms with Crippen LogP contribution in [0.4, 0.5) is 0 Å². The topological polar surface area (TPSA) is 145 Å². The Bertz CT molecular complexity index is 1620. The van der Waals surface area contributed by atoms with Crippen molar-refractivity contribution in [3.8, 4) is 5.82 Å². The van der Waals surface area contributed by atoms with Crippen molar-refractivity contribution in [1.29, 1.82) is 0 Å². The van der Waals surface area contributed by atoms with E-state index >= 15 is 0 Å². The van der Waals surface area contributed by atoms with E-state index in [1.54, 1.807) is 24.7 Å². The number of carbonyl (C=O) groups excluding carboxylic acids is 1. The monoisotopic (exact) mass is 533 g/mol. The molecule has 196 valence electrons. The molecule has 0 bridgehead atoms. The van der Waals surface area contributed by atoms with Gasteiger partial charge in [-0.3, -0.25) is 14.1 Å². The van der Waals surface area contributed by atoms with E-state index in [0.717, 1.165) is 23.9 Å².